The van der Waals surface area contributed by atoms with Crippen LogP contribution in [0.3, 0.4) is 0 Å². The largest absolute Gasteiger partial charge is 0.507 e. The molecule has 7 heteroatoms. The van der Waals surface area contributed by atoms with E-state index in [1.807, 2.05) is 13.8 Å². The number of carbonyl (C=O) groups is 2. The number of aryl methyl sites for hydroxylation is 3. The second-order valence-corrected chi connectivity index (χ2v) is 9.64. The van der Waals surface area contributed by atoms with E-state index in [-0.39, 0.29) is 11.3 Å². The number of rotatable bonds is 6. The summed E-state index contributed by atoms with van der Waals surface area (Å²) in [6.45, 7) is 10.2. The predicted octanol–water partition coefficient (Wildman–Crippen LogP) is 6.52. The van der Waals surface area contributed by atoms with Gasteiger partial charge in [0.05, 0.1) is 12.2 Å². The molecule has 0 bridgehead atoms. The van der Waals surface area contributed by atoms with Crippen molar-refractivity contribution in [3.8, 4) is 5.75 Å². The summed E-state index contributed by atoms with van der Waals surface area (Å²) in [6, 6.07) is 12.8. The summed E-state index contributed by atoms with van der Waals surface area (Å²) in [6.07, 6.45) is 0. The minimum absolute atomic E-state index is 0.0451. The molecule has 2 aromatic carbocycles. The number of carbonyl (C=O) groups excluding carboxylic acids is 2. The number of ether oxygens (including phenoxy) is 1. The predicted molar refractivity (Wildman–Crippen MR) is 136 cm³/mol. The van der Waals surface area contributed by atoms with E-state index in [0.717, 1.165) is 11.1 Å². The summed E-state index contributed by atoms with van der Waals surface area (Å²) in [5.74, 6) is 0.217. The zero-order chi connectivity index (χ0) is 25.4. The van der Waals surface area contributed by atoms with E-state index in [0.29, 0.717) is 46.1 Å². The molecule has 1 aromatic heterocycles. The van der Waals surface area contributed by atoms with Crippen molar-refractivity contribution < 1.29 is 23.8 Å². The lowest BCUT2D eigenvalue weighted by atomic mass is 9.98. The average molecular weight is 494 g/mol. The number of benzene rings is 2. The Kier molecular flexibility index (Phi) is 6.77. The molecule has 182 valence electrons. The SMILES string of the molecule is Cc1ccc(C2/C(=C(/O)c3ccc(OCC(C)C)c(C)c3)C(=O)C(=O)N2c2ccc(C)c(Cl)c2)o1. The Labute approximate surface area is 209 Å². The van der Waals surface area contributed by atoms with Gasteiger partial charge in [0.2, 0.25) is 0 Å². The zero-order valence-corrected chi connectivity index (χ0v) is 21.1. The first-order valence-electron chi connectivity index (χ1n) is 11.5. The van der Waals surface area contributed by atoms with E-state index in [1.54, 1.807) is 55.5 Å². The van der Waals surface area contributed by atoms with Gasteiger partial charge < -0.3 is 14.3 Å². The highest BCUT2D eigenvalue weighted by Gasteiger charge is 2.48. The second-order valence-electron chi connectivity index (χ2n) is 9.24. The maximum Gasteiger partial charge on any atom is 0.300 e. The first-order chi connectivity index (χ1) is 16.6. The van der Waals surface area contributed by atoms with Gasteiger partial charge in [-0.2, -0.15) is 0 Å². The molecular weight excluding hydrogens is 466 g/mol. The molecule has 35 heavy (non-hydrogen) atoms. The molecule has 1 aliphatic heterocycles. The summed E-state index contributed by atoms with van der Waals surface area (Å²) in [5, 5.41) is 11.8. The smallest absolute Gasteiger partial charge is 0.300 e. The maximum atomic E-state index is 13.3. The molecule has 1 saturated heterocycles. The highest BCUT2D eigenvalue weighted by molar-refractivity contribution is 6.51. The molecule has 1 N–H and O–H groups in total. The number of halogens is 1. The number of nitrogens with zero attached hydrogens (tertiary/aromatic N) is 1. The molecular formula is C28H28ClNO5. The van der Waals surface area contributed by atoms with E-state index in [1.165, 1.54) is 4.90 Å². The third-order valence-electron chi connectivity index (χ3n) is 5.93. The topological polar surface area (TPSA) is 80.0 Å². The van der Waals surface area contributed by atoms with Crippen LogP contribution in [-0.2, 0) is 9.59 Å². The highest BCUT2D eigenvalue weighted by Crippen LogP contribution is 2.43. The average Bonchev–Trinajstić information content (AvgIpc) is 3.35. The molecule has 1 aliphatic rings. The molecule has 1 unspecified atom stereocenters. The molecule has 0 radical (unpaired) electrons. The van der Waals surface area contributed by atoms with Crippen LogP contribution in [0, 0.1) is 26.7 Å². The van der Waals surface area contributed by atoms with Crippen LogP contribution in [0.2, 0.25) is 5.02 Å². The highest BCUT2D eigenvalue weighted by atomic mass is 35.5. The van der Waals surface area contributed by atoms with Gasteiger partial charge >= 0.3 is 0 Å². The Morgan fingerprint density at radius 3 is 2.40 bits per heavy atom. The lowest BCUT2D eigenvalue weighted by Crippen LogP contribution is -2.29. The number of amides is 1. The van der Waals surface area contributed by atoms with Gasteiger partial charge in [0, 0.05) is 16.3 Å². The lowest BCUT2D eigenvalue weighted by Gasteiger charge is -2.24. The van der Waals surface area contributed by atoms with Crippen LogP contribution in [0.15, 0.2) is 58.5 Å². The molecule has 0 spiro atoms. The standard InChI is InChI=1S/C28H28ClNO5/c1-15(2)14-34-22-11-8-19(12-17(22)4)26(31)24-25(23-10-7-18(5)35-23)30(28(33)27(24)32)20-9-6-16(3)21(29)13-20/h6-13,15,25,31H,14H2,1-5H3/b26-24-. The van der Waals surface area contributed by atoms with Crippen LogP contribution in [-0.4, -0.2) is 23.4 Å². The normalized spacial score (nSPS) is 17.5. The fourth-order valence-corrected chi connectivity index (χ4v) is 4.25. The van der Waals surface area contributed by atoms with Crippen molar-refractivity contribution in [1.82, 2.24) is 0 Å². The Morgan fingerprint density at radius 1 is 1.06 bits per heavy atom. The van der Waals surface area contributed by atoms with Crippen LogP contribution in [0.5, 0.6) is 5.75 Å². The number of hydrogen-bond acceptors (Lipinski definition) is 5. The van der Waals surface area contributed by atoms with Crippen LogP contribution in [0.1, 0.15) is 48.1 Å². The number of hydrogen-bond donors (Lipinski definition) is 1. The van der Waals surface area contributed by atoms with Crippen LogP contribution in [0.25, 0.3) is 5.76 Å². The van der Waals surface area contributed by atoms with Gasteiger partial charge in [-0.1, -0.05) is 31.5 Å². The van der Waals surface area contributed by atoms with Gasteiger partial charge in [0.15, 0.2) is 0 Å². The Bertz CT molecular complexity index is 1340. The van der Waals surface area contributed by atoms with Crippen molar-refractivity contribution in [2.75, 3.05) is 11.5 Å². The minimum atomic E-state index is -0.945. The molecule has 2 heterocycles. The van der Waals surface area contributed by atoms with Crippen molar-refractivity contribution >= 4 is 34.7 Å². The van der Waals surface area contributed by atoms with Gasteiger partial charge in [0.25, 0.3) is 11.7 Å². The summed E-state index contributed by atoms with van der Waals surface area (Å²) >= 11 is 6.33. The Morgan fingerprint density at radius 2 is 1.80 bits per heavy atom. The second kappa shape index (κ2) is 9.62. The van der Waals surface area contributed by atoms with E-state index in [4.69, 9.17) is 20.8 Å². The van der Waals surface area contributed by atoms with Crippen molar-refractivity contribution in [3.05, 3.63) is 87.3 Å². The molecule has 6 nitrogen and oxygen atoms in total. The zero-order valence-electron chi connectivity index (χ0n) is 20.4. The lowest BCUT2D eigenvalue weighted by molar-refractivity contribution is -0.132. The summed E-state index contributed by atoms with van der Waals surface area (Å²) in [7, 11) is 0. The van der Waals surface area contributed by atoms with Gasteiger partial charge in [0.1, 0.15) is 29.1 Å². The maximum absolute atomic E-state index is 13.3. The first kappa shape index (κ1) is 24.6. The fourth-order valence-electron chi connectivity index (χ4n) is 4.07. The molecule has 3 aromatic rings. The number of anilines is 1. The summed E-state index contributed by atoms with van der Waals surface area (Å²) < 4.78 is 11.7. The van der Waals surface area contributed by atoms with Crippen LogP contribution < -0.4 is 9.64 Å². The van der Waals surface area contributed by atoms with E-state index in [9.17, 15) is 14.7 Å². The van der Waals surface area contributed by atoms with E-state index < -0.39 is 17.7 Å². The number of aliphatic hydroxyl groups is 1. The Hall–Kier alpha value is -3.51. The van der Waals surface area contributed by atoms with Gasteiger partial charge in [-0.15, -0.1) is 0 Å². The molecule has 4 rings (SSSR count). The van der Waals surface area contributed by atoms with Gasteiger partial charge in [-0.3, -0.25) is 14.5 Å². The third-order valence-corrected chi connectivity index (χ3v) is 6.34. The van der Waals surface area contributed by atoms with Crippen molar-refractivity contribution in [2.45, 2.75) is 40.7 Å². The molecule has 1 fully saturated rings. The summed E-state index contributed by atoms with van der Waals surface area (Å²) in [5.41, 5.74) is 2.45. The van der Waals surface area contributed by atoms with E-state index in [2.05, 4.69) is 13.8 Å². The first-order valence-corrected chi connectivity index (χ1v) is 11.8. The monoisotopic (exact) mass is 493 g/mol. The van der Waals surface area contributed by atoms with Crippen LogP contribution >= 0.6 is 11.6 Å². The summed E-state index contributed by atoms with van der Waals surface area (Å²) in [4.78, 5) is 27.8. The minimum Gasteiger partial charge on any atom is -0.507 e. The number of furan rings is 1. The molecule has 1 atom stereocenters. The van der Waals surface area contributed by atoms with Crippen molar-refractivity contribution in [2.24, 2.45) is 5.92 Å². The molecule has 0 saturated carbocycles. The quantitative estimate of drug-likeness (QED) is 0.240. The number of aliphatic hydroxyl groups excluding tert-OH is 1. The number of Topliss-reactive ketones (excluding diaryl/α,β-unsaturated/α-hetero) is 1. The molecule has 0 aliphatic carbocycles. The fraction of sp³-hybridized carbons (Fsp3) is 0.286. The van der Waals surface area contributed by atoms with Crippen LogP contribution in [0.4, 0.5) is 5.69 Å². The van der Waals surface area contributed by atoms with Gasteiger partial charge in [-0.05, 0) is 80.3 Å². The number of ketones is 1. The molecule has 1 amide bonds. The van der Waals surface area contributed by atoms with Gasteiger partial charge in [-0.25, -0.2) is 0 Å². The third kappa shape index (κ3) is 4.71. The van der Waals surface area contributed by atoms with E-state index >= 15 is 0 Å². The van der Waals surface area contributed by atoms with Crippen molar-refractivity contribution in [1.29, 1.82) is 0 Å². The Balaban J connectivity index is 1.84. The van der Waals surface area contributed by atoms with Crippen molar-refractivity contribution in [3.63, 3.8) is 0 Å².